The van der Waals surface area contributed by atoms with Gasteiger partial charge in [-0.1, -0.05) is 143 Å². The number of para-hydroxylation sites is 1. The molecule has 0 unspecified atom stereocenters. The van der Waals surface area contributed by atoms with Gasteiger partial charge in [0, 0.05) is 38.3 Å². The zero-order chi connectivity index (χ0) is 37.1. The SMILES string of the molecule is CC1(C)C2=C(CCC=C2)c2c(-c3nc(-c4ccccc4)nc(-c4cccc(-c5ccc6c(c5)C(C)(C)c5ccc7oc8ccccc8c7c5-6)c4)n3)cccc21. The second kappa shape index (κ2) is 11.6. The molecule has 0 saturated carbocycles. The van der Waals surface area contributed by atoms with E-state index in [9.17, 15) is 0 Å². The summed E-state index contributed by atoms with van der Waals surface area (Å²) < 4.78 is 6.32. The Morgan fingerprint density at radius 1 is 0.509 bits per heavy atom. The van der Waals surface area contributed by atoms with E-state index in [-0.39, 0.29) is 10.8 Å². The van der Waals surface area contributed by atoms with Crippen LogP contribution in [0, 0.1) is 0 Å². The number of nitrogens with zero attached hydrogens (tertiary/aromatic N) is 3. The highest BCUT2D eigenvalue weighted by Gasteiger charge is 2.40. The van der Waals surface area contributed by atoms with Gasteiger partial charge in [-0.05, 0) is 92.8 Å². The minimum absolute atomic E-state index is 0.0752. The van der Waals surface area contributed by atoms with Crippen LogP contribution in [0.3, 0.4) is 0 Å². The average Bonchev–Trinajstić information content (AvgIpc) is 3.80. The molecule has 0 fully saturated rings. The van der Waals surface area contributed by atoms with Crippen LogP contribution in [-0.2, 0) is 10.8 Å². The molecule has 3 aliphatic carbocycles. The molecule has 2 aromatic heterocycles. The number of furan rings is 1. The van der Waals surface area contributed by atoms with E-state index in [0.717, 1.165) is 46.3 Å². The van der Waals surface area contributed by atoms with E-state index in [1.165, 1.54) is 60.9 Å². The van der Waals surface area contributed by atoms with Gasteiger partial charge in [-0.3, -0.25) is 0 Å². The van der Waals surface area contributed by atoms with Gasteiger partial charge in [-0.25, -0.2) is 15.0 Å². The normalized spacial score (nSPS) is 16.0. The Kier molecular flexibility index (Phi) is 6.74. The van der Waals surface area contributed by atoms with Gasteiger partial charge in [-0.15, -0.1) is 0 Å². The Bertz CT molecular complexity index is 2980. The predicted molar refractivity (Wildman–Crippen MR) is 225 cm³/mol. The van der Waals surface area contributed by atoms with Crippen molar-refractivity contribution in [2.45, 2.75) is 51.4 Å². The van der Waals surface area contributed by atoms with Crippen LogP contribution in [0.1, 0.15) is 62.8 Å². The first-order valence-electron chi connectivity index (χ1n) is 19.3. The van der Waals surface area contributed by atoms with E-state index in [4.69, 9.17) is 19.4 Å². The minimum Gasteiger partial charge on any atom is -0.456 e. The number of benzene rings is 6. The van der Waals surface area contributed by atoms with E-state index < -0.39 is 0 Å². The molecule has 264 valence electrons. The van der Waals surface area contributed by atoms with Crippen molar-refractivity contribution in [3.63, 3.8) is 0 Å². The summed E-state index contributed by atoms with van der Waals surface area (Å²) in [6.45, 7) is 9.36. The summed E-state index contributed by atoms with van der Waals surface area (Å²) in [6.07, 6.45) is 6.72. The van der Waals surface area contributed by atoms with Crippen molar-refractivity contribution < 1.29 is 4.42 Å². The molecule has 8 aromatic rings. The second-order valence-corrected chi connectivity index (χ2v) is 16.3. The van der Waals surface area contributed by atoms with Crippen molar-refractivity contribution in [2.24, 2.45) is 0 Å². The molecule has 0 radical (unpaired) electrons. The number of aromatic nitrogens is 3. The number of hydrogen-bond acceptors (Lipinski definition) is 4. The van der Waals surface area contributed by atoms with E-state index in [2.05, 4.69) is 143 Å². The Balaban J connectivity index is 1.05. The lowest BCUT2D eigenvalue weighted by Gasteiger charge is -2.23. The Morgan fingerprint density at radius 3 is 2.09 bits per heavy atom. The van der Waals surface area contributed by atoms with E-state index in [1.807, 2.05) is 24.3 Å². The molecule has 0 amide bonds. The average molecular weight is 710 g/mol. The van der Waals surface area contributed by atoms with Crippen LogP contribution < -0.4 is 0 Å². The Morgan fingerprint density at radius 2 is 1.22 bits per heavy atom. The zero-order valence-corrected chi connectivity index (χ0v) is 31.4. The van der Waals surface area contributed by atoms with Crippen LogP contribution in [0.2, 0.25) is 0 Å². The first kappa shape index (κ1) is 32.1. The fourth-order valence-electron chi connectivity index (χ4n) is 9.64. The molecule has 55 heavy (non-hydrogen) atoms. The predicted octanol–water partition coefficient (Wildman–Crippen LogP) is 13.1. The van der Waals surface area contributed by atoms with Crippen molar-refractivity contribution in [3.8, 4) is 56.4 Å². The minimum atomic E-state index is -0.174. The first-order chi connectivity index (χ1) is 26.8. The van der Waals surface area contributed by atoms with E-state index in [0.29, 0.717) is 17.5 Å². The topological polar surface area (TPSA) is 51.8 Å². The molecule has 0 aliphatic heterocycles. The van der Waals surface area contributed by atoms with Gasteiger partial charge in [0.2, 0.25) is 0 Å². The van der Waals surface area contributed by atoms with Crippen LogP contribution in [0.25, 0.3) is 83.9 Å². The number of rotatable bonds is 4. The molecule has 4 heteroatoms. The molecular weight excluding hydrogens is 671 g/mol. The highest BCUT2D eigenvalue weighted by Crippen LogP contribution is 2.54. The van der Waals surface area contributed by atoms with Crippen molar-refractivity contribution in [1.29, 1.82) is 0 Å². The maximum Gasteiger partial charge on any atom is 0.164 e. The van der Waals surface area contributed by atoms with Gasteiger partial charge in [0.15, 0.2) is 17.5 Å². The monoisotopic (exact) mass is 709 g/mol. The van der Waals surface area contributed by atoms with E-state index >= 15 is 0 Å². The highest BCUT2D eigenvalue weighted by molar-refractivity contribution is 6.15. The second-order valence-electron chi connectivity index (χ2n) is 16.3. The highest BCUT2D eigenvalue weighted by atomic mass is 16.3. The van der Waals surface area contributed by atoms with Crippen LogP contribution in [0.15, 0.2) is 150 Å². The number of hydrogen-bond donors (Lipinski definition) is 0. The van der Waals surface area contributed by atoms with Crippen LogP contribution >= 0.6 is 0 Å². The fraction of sp³-hybridized carbons (Fsp3) is 0.157. The fourth-order valence-corrected chi connectivity index (χ4v) is 9.64. The van der Waals surface area contributed by atoms with Gasteiger partial charge >= 0.3 is 0 Å². The summed E-state index contributed by atoms with van der Waals surface area (Å²) in [5, 5.41) is 2.37. The standard InChI is InChI=1S/C51H39N3O/c1-50(2)38-21-10-8-18-34(38)44-37(20-13-22-39(44)50)49-53-47(30-14-6-5-7-15-30)52-48(54-49)33-17-12-16-31(28-33)32-24-25-35-41(29-32)51(3,4)40-26-27-43-46(45(35)40)36-19-9-11-23-42(36)55-43/h5-7,9-17,19-29H,8,18H2,1-4H3. The summed E-state index contributed by atoms with van der Waals surface area (Å²) in [4.78, 5) is 15.6. The lowest BCUT2D eigenvalue weighted by Crippen LogP contribution is -2.16. The van der Waals surface area contributed by atoms with Crippen LogP contribution in [0.4, 0.5) is 0 Å². The van der Waals surface area contributed by atoms with Gasteiger partial charge in [-0.2, -0.15) is 0 Å². The smallest absolute Gasteiger partial charge is 0.164 e. The third-order valence-corrected chi connectivity index (χ3v) is 12.4. The molecule has 0 saturated heterocycles. The number of allylic oxidation sites excluding steroid dienone is 4. The van der Waals surface area contributed by atoms with Gasteiger partial charge < -0.3 is 4.42 Å². The quantitative estimate of drug-likeness (QED) is 0.183. The third-order valence-electron chi connectivity index (χ3n) is 12.4. The Hall–Kier alpha value is -6.39. The summed E-state index contributed by atoms with van der Waals surface area (Å²) in [5.74, 6) is 2.05. The van der Waals surface area contributed by atoms with Crippen molar-refractivity contribution in [1.82, 2.24) is 15.0 Å². The van der Waals surface area contributed by atoms with Crippen molar-refractivity contribution in [3.05, 3.63) is 167 Å². The molecule has 6 aromatic carbocycles. The Labute approximate surface area is 321 Å². The van der Waals surface area contributed by atoms with Crippen molar-refractivity contribution >= 4 is 27.5 Å². The van der Waals surface area contributed by atoms with Gasteiger partial charge in [0.1, 0.15) is 11.2 Å². The summed E-state index contributed by atoms with van der Waals surface area (Å²) in [5.41, 5.74) is 17.6. The zero-order valence-electron chi connectivity index (χ0n) is 31.4. The molecule has 0 spiro atoms. The maximum absolute atomic E-state index is 6.32. The largest absolute Gasteiger partial charge is 0.456 e. The summed E-state index contributed by atoms with van der Waals surface area (Å²) in [6, 6.07) is 45.3. The first-order valence-corrected chi connectivity index (χ1v) is 19.3. The number of fused-ring (bicyclic) bond motifs is 9. The molecule has 3 aliphatic rings. The molecule has 0 bridgehead atoms. The van der Waals surface area contributed by atoms with Gasteiger partial charge in [0.25, 0.3) is 0 Å². The maximum atomic E-state index is 6.32. The lowest BCUT2D eigenvalue weighted by molar-refractivity contribution is 0.651. The molecule has 0 atom stereocenters. The lowest BCUT2D eigenvalue weighted by atomic mass is 9.80. The third kappa shape index (κ3) is 4.67. The molecule has 4 nitrogen and oxygen atoms in total. The molecule has 2 heterocycles. The van der Waals surface area contributed by atoms with Crippen molar-refractivity contribution in [2.75, 3.05) is 0 Å². The molecule has 0 N–H and O–H groups in total. The molecule has 11 rings (SSSR count). The van der Waals surface area contributed by atoms with Crippen LogP contribution in [0.5, 0.6) is 0 Å². The summed E-state index contributed by atoms with van der Waals surface area (Å²) >= 11 is 0. The van der Waals surface area contributed by atoms with Crippen LogP contribution in [-0.4, -0.2) is 15.0 Å². The molecular formula is C51H39N3O. The van der Waals surface area contributed by atoms with E-state index in [1.54, 1.807) is 0 Å². The van der Waals surface area contributed by atoms with Gasteiger partial charge in [0.05, 0.1) is 0 Å². The summed E-state index contributed by atoms with van der Waals surface area (Å²) in [7, 11) is 0.